The van der Waals surface area contributed by atoms with Gasteiger partial charge in [-0.15, -0.1) is 0 Å². The largest absolute Gasteiger partial charge is 0.426 e. The van der Waals surface area contributed by atoms with Crippen LogP contribution in [-0.2, 0) is 4.57 Å². The Bertz CT molecular complexity index is 752. The van der Waals surface area contributed by atoms with Gasteiger partial charge in [-0.25, -0.2) is 4.57 Å². The van der Waals surface area contributed by atoms with Crippen molar-refractivity contribution >= 4 is 29.8 Å². The van der Waals surface area contributed by atoms with E-state index in [-0.39, 0.29) is 0 Å². The predicted octanol–water partition coefficient (Wildman–Crippen LogP) is 3.75. The molecule has 0 spiro atoms. The van der Waals surface area contributed by atoms with E-state index in [9.17, 15) is 4.57 Å². The van der Waals surface area contributed by atoms with Gasteiger partial charge < -0.3 is 9.42 Å². The zero-order chi connectivity index (χ0) is 12.5. The van der Waals surface area contributed by atoms with E-state index in [4.69, 9.17) is 9.42 Å². The van der Waals surface area contributed by atoms with Crippen molar-refractivity contribution in [2.75, 3.05) is 0 Å². The van der Waals surface area contributed by atoms with Gasteiger partial charge in [0.25, 0.3) is 0 Å². The number of rotatable bonds is 2. The van der Waals surface area contributed by atoms with Gasteiger partial charge >= 0.3 is 8.25 Å². The minimum Gasteiger partial charge on any atom is -0.426 e. The molecule has 4 heteroatoms. The lowest BCUT2D eigenvalue weighted by Crippen LogP contribution is -1.83. The van der Waals surface area contributed by atoms with Crippen LogP contribution in [-0.4, -0.2) is 4.89 Å². The Kier molecular flexibility index (Phi) is 2.78. The number of benzene rings is 3. The van der Waals surface area contributed by atoms with Crippen LogP contribution in [0.15, 0.2) is 54.6 Å². The molecular formula is C14H11O3P. The summed E-state index contributed by atoms with van der Waals surface area (Å²) in [5.41, 5.74) is 0. The SMILES string of the molecule is O=[PH](O)Oc1cccc2cc3ccccc3cc12. The third-order valence-electron chi connectivity index (χ3n) is 2.90. The summed E-state index contributed by atoms with van der Waals surface area (Å²) < 4.78 is 15.8. The van der Waals surface area contributed by atoms with Crippen LogP contribution in [0.5, 0.6) is 5.75 Å². The summed E-state index contributed by atoms with van der Waals surface area (Å²) in [5, 5.41) is 4.07. The molecule has 1 unspecified atom stereocenters. The molecule has 3 rings (SSSR count). The second-order valence-corrected chi connectivity index (χ2v) is 4.78. The fraction of sp³-hybridized carbons (Fsp3) is 0. The van der Waals surface area contributed by atoms with E-state index in [0.717, 1.165) is 21.5 Å². The van der Waals surface area contributed by atoms with Gasteiger partial charge in [0.2, 0.25) is 0 Å². The van der Waals surface area contributed by atoms with Gasteiger partial charge in [0.05, 0.1) is 0 Å². The van der Waals surface area contributed by atoms with Crippen LogP contribution in [0.25, 0.3) is 21.5 Å². The van der Waals surface area contributed by atoms with E-state index in [1.807, 2.05) is 48.5 Å². The fourth-order valence-corrected chi connectivity index (χ4v) is 2.49. The molecule has 0 fully saturated rings. The first-order valence-electron chi connectivity index (χ1n) is 5.56. The van der Waals surface area contributed by atoms with Crippen LogP contribution in [0.2, 0.25) is 0 Å². The summed E-state index contributed by atoms with van der Waals surface area (Å²) in [5.74, 6) is 0.449. The number of hydrogen-bond acceptors (Lipinski definition) is 2. The molecule has 1 N–H and O–H groups in total. The van der Waals surface area contributed by atoms with E-state index >= 15 is 0 Å². The third kappa shape index (κ3) is 1.99. The molecule has 0 radical (unpaired) electrons. The van der Waals surface area contributed by atoms with Crippen LogP contribution >= 0.6 is 8.25 Å². The first-order valence-corrected chi connectivity index (χ1v) is 6.83. The number of fused-ring (bicyclic) bond motifs is 2. The Hall–Kier alpha value is -1.83. The van der Waals surface area contributed by atoms with Crippen molar-refractivity contribution in [3.05, 3.63) is 54.6 Å². The molecule has 0 saturated carbocycles. The summed E-state index contributed by atoms with van der Waals surface area (Å²) in [6.07, 6.45) is 0. The third-order valence-corrected chi connectivity index (χ3v) is 3.30. The van der Waals surface area contributed by atoms with Gasteiger partial charge in [-0.2, -0.15) is 0 Å². The maximum absolute atomic E-state index is 10.8. The minimum absolute atomic E-state index is 0.449. The lowest BCUT2D eigenvalue weighted by molar-refractivity contribution is 0.412. The molecule has 0 aliphatic rings. The fourth-order valence-electron chi connectivity index (χ4n) is 2.12. The molecule has 0 amide bonds. The van der Waals surface area contributed by atoms with Gasteiger partial charge in [-0.1, -0.05) is 36.4 Å². The molecule has 18 heavy (non-hydrogen) atoms. The normalized spacial score (nSPS) is 12.7. The first kappa shape index (κ1) is 11.3. The lowest BCUT2D eigenvalue weighted by Gasteiger charge is -2.07. The van der Waals surface area contributed by atoms with Crippen molar-refractivity contribution in [3.8, 4) is 5.75 Å². The quantitative estimate of drug-likeness (QED) is 0.562. The van der Waals surface area contributed by atoms with Crippen molar-refractivity contribution in [2.24, 2.45) is 0 Å². The second kappa shape index (κ2) is 4.45. The Morgan fingerprint density at radius 3 is 2.28 bits per heavy atom. The molecule has 0 aromatic heterocycles. The van der Waals surface area contributed by atoms with Crippen molar-refractivity contribution in [3.63, 3.8) is 0 Å². The summed E-state index contributed by atoms with van der Waals surface area (Å²) in [4.78, 5) is 8.90. The van der Waals surface area contributed by atoms with Crippen molar-refractivity contribution < 1.29 is 14.0 Å². The van der Waals surface area contributed by atoms with E-state index < -0.39 is 8.25 Å². The Morgan fingerprint density at radius 2 is 1.56 bits per heavy atom. The highest BCUT2D eigenvalue weighted by molar-refractivity contribution is 7.32. The van der Waals surface area contributed by atoms with Gasteiger partial charge in [0.1, 0.15) is 5.75 Å². The monoisotopic (exact) mass is 258 g/mol. The van der Waals surface area contributed by atoms with Crippen LogP contribution in [0, 0.1) is 0 Å². The highest BCUT2D eigenvalue weighted by atomic mass is 31.1. The van der Waals surface area contributed by atoms with Crippen LogP contribution < -0.4 is 4.52 Å². The maximum atomic E-state index is 10.8. The Labute approximate surface area is 105 Å². The zero-order valence-corrected chi connectivity index (χ0v) is 10.5. The van der Waals surface area contributed by atoms with Crippen molar-refractivity contribution in [1.29, 1.82) is 0 Å². The van der Waals surface area contributed by atoms with E-state index in [0.29, 0.717) is 5.75 Å². The molecule has 0 saturated heterocycles. The van der Waals surface area contributed by atoms with Crippen LogP contribution in [0.3, 0.4) is 0 Å². The summed E-state index contributed by atoms with van der Waals surface area (Å²) >= 11 is 0. The maximum Gasteiger partial charge on any atom is 0.365 e. The van der Waals surface area contributed by atoms with E-state index in [1.165, 1.54) is 0 Å². The standard InChI is InChI=1S/C14H11O3P/c15-18(16)17-14-7-3-6-12-8-10-4-1-2-5-11(10)9-13(12)14/h1-9,18H,(H,15,16). The average Bonchev–Trinajstić information content (AvgIpc) is 2.36. The molecule has 3 aromatic carbocycles. The average molecular weight is 258 g/mol. The van der Waals surface area contributed by atoms with E-state index in [1.54, 1.807) is 6.07 Å². The lowest BCUT2D eigenvalue weighted by atomic mass is 10.0. The zero-order valence-electron chi connectivity index (χ0n) is 9.46. The predicted molar refractivity (Wildman–Crippen MR) is 73.3 cm³/mol. The van der Waals surface area contributed by atoms with Gasteiger partial charge in [-0.3, -0.25) is 0 Å². The second-order valence-electron chi connectivity index (χ2n) is 4.04. The Balaban J connectivity index is 2.32. The summed E-state index contributed by atoms with van der Waals surface area (Å²) in [7, 11) is -2.98. The highest BCUT2D eigenvalue weighted by Crippen LogP contribution is 2.33. The smallest absolute Gasteiger partial charge is 0.365 e. The van der Waals surface area contributed by atoms with Crippen LogP contribution in [0.4, 0.5) is 0 Å². The summed E-state index contributed by atoms with van der Waals surface area (Å²) in [6, 6.07) is 17.5. The molecule has 1 atom stereocenters. The van der Waals surface area contributed by atoms with Crippen LogP contribution in [0.1, 0.15) is 0 Å². The molecule has 0 heterocycles. The topological polar surface area (TPSA) is 46.5 Å². The molecule has 0 aliphatic carbocycles. The van der Waals surface area contributed by atoms with Gasteiger partial charge in [0.15, 0.2) is 0 Å². The van der Waals surface area contributed by atoms with Crippen molar-refractivity contribution in [2.45, 2.75) is 0 Å². The molecular weight excluding hydrogens is 247 g/mol. The minimum atomic E-state index is -2.98. The molecule has 3 aromatic rings. The first-order chi connectivity index (χ1) is 8.74. The van der Waals surface area contributed by atoms with Gasteiger partial charge in [-0.05, 0) is 34.4 Å². The highest BCUT2D eigenvalue weighted by Gasteiger charge is 2.05. The molecule has 0 aliphatic heterocycles. The molecule has 0 bridgehead atoms. The number of hydrogen-bond donors (Lipinski definition) is 1. The molecule has 90 valence electrons. The van der Waals surface area contributed by atoms with E-state index in [2.05, 4.69) is 0 Å². The summed E-state index contributed by atoms with van der Waals surface area (Å²) in [6.45, 7) is 0. The van der Waals surface area contributed by atoms with Crippen molar-refractivity contribution in [1.82, 2.24) is 0 Å². The Morgan fingerprint density at radius 1 is 0.889 bits per heavy atom. The van der Waals surface area contributed by atoms with Gasteiger partial charge in [0, 0.05) is 5.39 Å². The molecule has 3 nitrogen and oxygen atoms in total.